The Morgan fingerprint density at radius 1 is 1.21 bits per heavy atom. The van der Waals surface area contributed by atoms with E-state index in [4.69, 9.17) is 16.3 Å². The van der Waals surface area contributed by atoms with E-state index in [1.807, 2.05) is 25.1 Å². The number of hydrogen-bond acceptors (Lipinski definition) is 1. The fraction of sp³-hybridized carbons (Fsp3) is 0.200. The average molecular weight is 344 g/mol. The molecular formula is C15H13BrClFO. The summed E-state index contributed by atoms with van der Waals surface area (Å²) >= 11 is 9.58. The van der Waals surface area contributed by atoms with Gasteiger partial charge >= 0.3 is 0 Å². The molecule has 0 bridgehead atoms. The van der Waals surface area contributed by atoms with Crippen LogP contribution in [0.3, 0.4) is 0 Å². The number of ether oxygens (including phenoxy) is 1. The lowest BCUT2D eigenvalue weighted by Crippen LogP contribution is -1.99. The van der Waals surface area contributed by atoms with Gasteiger partial charge in [0.05, 0.1) is 17.0 Å². The van der Waals surface area contributed by atoms with Gasteiger partial charge in [-0.15, -0.1) is 11.6 Å². The molecule has 100 valence electrons. The Morgan fingerprint density at radius 2 is 1.95 bits per heavy atom. The van der Waals surface area contributed by atoms with E-state index in [9.17, 15) is 4.39 Å². The van der Waals surface area contributed by atoms with E-state index >= 15 is 0 Å². The molecule has 0 radical (unpaired) electrons. The molecule has 0 aliphatic carbocycles. The number of benzene rings is 2. The summed E-state index contributed by atoms with van der Waals surface area (Å²) in [7, 11) is 1.60. The largest absolute Gasteiger partial charge is 0.496 e. The predicted octanol–water partition coefficient (Wildman–Crippen LogP) is 5.23. The molecule has 0 amide bonds. The zero-order chi connectivity index (χ0) is 14.0. The molecule has 1 nitrogen and oxygen atoms in total. The van der Waals surface area contributed by atoms with Gasteiger partial charge in [-0.1, -0.05) is 23.8 Å². The lowest BCUT2D eigenvalue weighted by atomic mass is 10.0. The molecule has 2 aromatic rings. The van der Waals surface area contributed by atoms with E-state index in [0.29, 0.717) is 15.8 Å². The quantitative estimate of drug-likeness (QED) is 0.693. The first-order valence-corrected chi connectivity index (χ1v) is 6.99. The maximum absolute atomic E-state index is 13.6. The highest BCUT2D eigenvalue weighted by Gasteiger charge is 2.17. The fourth-order valence-corrected chi connectivity index (χ4v) is 2.45. The summed E-state index contributed by atoms with van der Waals surface area (Å²) < 4.78 is 19.3. The second-order valence-corrected chi connectivity index (χ2v) is 5.57. The first-order valence-electron chi connectivity index (χ1n) is 5.76. The number of methoxy groups -OCH3 is 1. The number of aryl methyl sites for hydroxylation is 1. The molecule has 19 heavy (non-hydrogen) atoms. The minimum Gasteiger partial charge on any atom is -0.496 e. The lowest BCUT2D eigenvalue weighted by Gasteiger charge is -2.15. The van der Waals surface area contributed by atoms with Crippen molar-refractivity contribution < 1.29 is 9.13 Å². The van der Waals surface area contributed by atoms with Crippen molar-refractivity contribution in [2.75, 3.05) is 7.11 Å². The van der Waals surface area contributed by atoms with Gasteiger partial charge in [-0.25, -0.2) is 4.39 Å². The van der Waals surface area contributed by atoms with E-state index in [1.165, 1.54) is 6.07 Å². The Hall–Kier alpha value is -1.06. The molecule has 0 heterocycles. The summed E-state index contributed by atoms with van der Waals surface area (Å²) in [5.41, 5.74) is 2.62. The molecule has 0 N–H and O–H groups in total. The SMILES string of the molecule is COc1ccc(C)cc1C(Cl)c1ccc(Br)c(F)c1. The molecular weight excluding hydrogens is 331 g/mol. The third-order valence-electron chi connectivity index (χ3n) is 2.89. The average Bonchev–Trinajstić information content (AvgIpc) is 2.41. The van der Waals surface area contributed by atoms with Gasteiger partial charge in [-0.2, -0.15) is 0 Å². The van der Waals surface area contributed by atoms with Gasteiger partial charge in [0.15, 0.2) is 0 Å². The standard InChI is InChI=1S/C15H13BrClFO/c1-9-3-6-14(19-2)11(7-9)15(17)10-4-5-12(16)13(18)8-10/h3-8,15H,1-2H3. The monoisotopic (exact) mass is 342 g/mol. The van der Waals surface area contributed by atoms with Gasteiger partial charge in [-0.05, 0) is 46.6 Å². The molecule has 2 aromatic carbocycles. The van der Waals surface area contributed by atoms with Crippen molar-refractivity contribution in [2.24, 2.45) is 0 Å². The Kier molecular flexibility index (Phi) is 4.48. The van der Waals surface area contributed by atoms with E-state index < -0.39 is 5.38 Å². The van der Waals surface area contributed by atoms with E-state index in [-0.39, 0.29) is 5.82 Å². The van der Waals surface area contributed by atoms with Crippen molar-refractivity contribution in [3.63, 3.8) is 0 Å². The normalized spacial score (nSPS) is 12.3. The van der Waals surface area contributed by atoms with Gasteiger partial charge in [0, 0.05) is 5.56 Å². The van der Waals surface area contributed by atoms with Crippen LogP contribution in [-0.2, 0) is 0 Å². The molecule has 0 saturated carbocycles. The van der Waals surface area contributed by atoms with E-state index in [2.05, 4.69) is 15.9 Å². The maximum Gasteiger partial charge on any atom is 0.137 e. The van der Waals surface area contributed by atoms with Gasteiger partial charge in [0.25, 0.3) is 0 Å². The van der Waals surface area contributed by atoms with Crippen LogP contribution < -0.4 is 4.74 Å². The van der Waals surface area contributed by atoms with E-state index in [0.717, 1.165) is 11.1 Å². The molecule has 4 heteroatoms. The first kappa shape index (κ1) is 14.4. The molecule has 0 saturated heterocycles. The molecule has 0 aromatic heterocycles. The smallest absolute Gasteiger partial charge is 0.137 e. The topological polar surface area (TPSA) is 9.23 Å². The van der Waals surface area contributed by atoms with Crippen molar-refractivity contribution in [2.45, 2.75) is 12.3 Å². The van der Waals surface area contributed by atoms with Gasteiger partial charge in [0.2, 0.25) is 0 Å². The van der Waals surface area contributed by atoms with Gasteiger partial charge < -0.3 is 4.74 Å². The van der Waals surface area contributed by atoms with Crippen LogP contribution in [0.4, 0.5) is 4.39 Å². The van der Waals surface area contributed by atoms with Crippen LogP contribution in [0, 0.1) is 12.7 Å². The number of rotatable bonds is 3. The van der Waals surface area contributed by atoms with Gasteiger partial charge in [-0.3, -0.25) is 0 Å². The predicted molar refractivity (Wildman–Crippen MR) is 79.5 cm³/mol. The Balaban J connectivity index is 2.45. The summed E-state index contributed by atoms with van der Waals surface area (Å²) in [5, 5.41) is -0.447. The molecule has 0 aliphatic heterocycles. The minimum atomic E-state index is -0.447. The van der Waals surface area contributed by atoms with Crippen LogP contribution in [0.1, 0.15) is 22.1 Å². The molecule has 2 rings (SSSR count). The Bertz CT molecular complexity index is 601. The van der Waals surface area contributed by atoms with Crippen LogP contribution in [0.25, 0.3) is 0 Å². The highest BCUT2D eigenvalue weighted by atomic mass is 79.9. The molecule has 1 atom stereocenters. The fourth-order valence-electron chi connectivity index (χ4n) is 1.90. The summed E-state index contributed by atoms with van der Waals surface area (Å²) in [6.07, 6.45) is 0. The van der Waals surface area contributed by atoms with Crippen molar-refractivity contribution >= 4 is 27.5 Å². The summed E-state index contributed by atoms with van der Waals surface area (Å²) in [4.78, 5) is 0. The van der Waals surface area contributed by atoms with Crippen LogP contribution in [0.2, 0.25) is 0 Å². The number of hydrogen-bond donors (Lipinski definition) is 0. The second-order valence-electron chi connectivity index (χ2n) is 4.28. The van der Waals surface area contributed by atoms with Gasteiger partial charge in [0.1, 0.15) is 11.6 Å². The van der Waals surface area contributed by atoms with Crippen LogP contribution >= 0.6 is 27.5 Å². The highest BCUT2D eigenvalue weighted by molar-refractivity contribution is 9.10. The lowest BCUT2D eigenvalue weighted by molar-refractivity contribution is 0.410. The Labute approximate surface area is 125 Å². The van der Waals surface area contributed by atoms with E-state index in [1.54, 1.807) is 19.2 Å². The third kappa shape index (κ3) is 3.10. The van der Waals surface area contributed by atoms with Crippen LogP contribution in [0.15, 0.2) is 40.9 Å². The zero-order valence-electron chi connectivity index (χ0n) is 10.6. The molecule has 0 aliphatic rings. The van der Waals surface area contributed by atoms with Crippen molar-refractivity contribution in [3.8, 4) is 5.75 Å². The summed E-state index contributed by atoms with van der Waals surface area (Å²) in [5.74, 6) is 0.378. The summed E-state index contributed by atoms with van der Waals surface area (Å²) in [6, 6.07) is 10.7. The highest BCUT2D eigenvalue weighted by Crippen LogP contribution is 2.36. The van der Waals surface area contributed by atoms with Crippen molar-refractivity contribution in [3.05, 3.63) is 63.4 Å². The molecule has 1 unspecified atom stereocenters. The number of alkyl halides is 1. The third-order valence-corrected chi connectivity index (χ3v) is 4.02. The van der Waals surface area contributed by atoms with Crippen molar-refractivity contribution in [1.29, 1.82) is 0 Å². The van der Waals surface area contributed by atoms with Crippen LogP contribution in [-0.4, -0.2) is 7.11 Å². The molecule has 0 fully saturated rings. The first-order chi connectivity index (χ1) is 9.02. The summed E-state index contributed by atoms with van der Waals surface area (Å²) in [6.45, 7) is 1.98. The number of halogens is 3. The molecule has 0 spiro atoms. The van der Waals surface area contributed by atoms with Crippen LogP contribution in [0.5, 0.6) is 5.75 Å². The second kappa shape index (κ2) is 5.93. The maximum atomic E-state index is 13.6. The van der Waals surface area contributed by atoms with Crippen molar-refractivity contribution in [1.82, 2.24) is 0 Å². The zero-order valence-corrected chi connectivity index (χ0v) is 12.9. The Morgan fingerprint density at radius 3 is 2.58 bits per heavy atom. The minimum absolute atomic E-state index is 0.324.